The summed E-state index contributed by atoms with van der Waals surface area (Å²) in [6.07, 6.45) is -0.161. The quantitative estimate of drug-likeness (QED) is 0.394. The van der Waals surface area contributed by atoms with Gasteiger partial charge < -0.3 is 28.6 Å². The Kier molecular flexibility index (Phi) is 7.00. The molecule has 0 radical (unpaired) electrons. The minimum atomic E-state index is -0.739. The monoisotopic (exact) mass is 448 g/mol. The van der Waals surface area contributed by atoms with E-state index in [1.165, 1.54) is 0 Å². The Hall–Kier alpha value is -3.71. The Bertz CT molecular complexity index is 1220. The van der Waals surface area contributed by atoms with Crippen LogP contribution in [-0.2, 0) is 13.0 Å². The molecule has 0 saturated carbocycles. The first kappa shape index (κ1) is 22.5. The van der Waals surface area contributed by atoms with Crippen molar-refractivity contribution in [2.75, 3.05) is 27.9 Å². The summed E-state index contributed by atoms with van der Waals surface area (Å²) in [5, 5.41) is 10.8. The summed E-state index contributed by atoms with van der Waals surface area (Å²) < 4.78 is 24.0. The van der Waals surface area contributed by atoms with Crippen LogP contribution in [0.25, 0.3) is 11.0 Å². The highest BCUT2D eigenvalue weighted by Gasteiger charge is 2.17. The van der Waals surface area contributed by atoms with Crippen LogP contribution < -0.4 is 18.9 Å². The van der Waals surface area contributed by atoms with Gasteiger partial charge in [-0.25, -0.2) is 4.98 Å². The van der Waals surface area contributed by atoms with E-state index in [0.29, 0.717) is 36.0 Å². The van der Waals surface area contributed by atoms with Crippen LogP contribution in [0.1, 0.15) is 11.4 Å². The Morgan fingerprint density at radius 2 is 1.48 bits per heavy atom. The number of aliphatic hydroxyl groups is 1. The van der Waals surface area contributed by atoms with Crippen LogP contribution in [0.5, 0.6) is 23.0 Å². The lowest BCUT2D eigenvalue weighted by Gasteiger charge is -2.17. The number of nitrogens with zero attached hydrogens (tertiary/aromatic N) is 2. The van der Waals surface area contributed by atoms with Crippen LogP contribution in [-0.4, -0.2) is 48.7 Å². The van der Waals surface area contributed by atoms with E-state index < -0.39 is 6.10 Å². The van der Waals surface area contributed by atoms with Gasteiger partial charge >= 0.3 is 0 Å². The molecule has 1 N–H and O–H groups in total. The van der Waals surface area contributed by atoms with Crippen molar-refractivity contribution in [1.82, 2.24) is 9.55 Å². The van der Waals surface area contributed by atoms with E-state index >= 15 is 0 Å². The van der Waals surface area contributed by atoms with E-state index in [1.807, 2.05) is 71.3 Å². The number of rotatable bonds is 10. The third kappa shape index (κ3) is 5.04. The summed E-state index contributed by atoms with van der Waals surface area (Å²) in [6.45, 7) is 0.473. The summed E-state index contributed by atoms with van der Waals surface area (Å²) in [4.78, 5) is 4.82. The number of methoxy groups -OCH3 is 3. The molecule has 0 aliphatic heterocycles. The first-order chi connectivity index (χ1) is 16.1. The molecule has 0 bridgehead atoms. The van der Waals surface area contributed by atoms with Gasteiger partial charge in [-0.1, -0.05) is 30.3 Å². The molecular weight excluding hydrogens is 420 g/mol. The molecule has 0 fully saturated rings. The molecule has 1 heterocycles. The fourth-order valence-electron chi connectivity index (χ4n) is 3.82. The van der Waals surface area contributed by atoms with E-state index in [4.69, 9.17) is 23.9 Å². The predicted octanol–water partition coefficient (Wildman–Crippen LogP) is 4.09. The van der Waals surface area contributed by atoms with Gasteiger partial charge in [0.25, 0.3) is 0 Å². The molecule has 1 atom stereocenters. The summed E-state index contributed by atoms with van der Waals surface area (Å²) in [5.74, 6) is 3.42. The number of hydrogen-bond donors (Lipinski definition) is 1. The summed E-state index contributed by atoms with van der Waals surface area (Å²) >= 11 is 0. The highest BCUT2D eigenvalue weighted by atomic mass is 16.5. The Labute approximate surface area is 193 Å². The van der Waals surface area contributed by atoms with Crippen LogP contribution in [0.15, 0.2) is 66.7 Å². The lowest BCUT2D eigenvalue weighted by Crippen LogP contribution is -2.24. The van der Waals surface area contributed by atoms with Gasteiger partial charge in [0, 0.05) is 6.42 Å². The van der Waals surface area contributed by atoms with Crippen molar-refractivity contribution in [2.45, 2.75) is 19.1 Å². The molecule has 1 unspecified atom stereocenters. The normalized spacial score (nSPS) is 11.9. The fraction of sp³-hybridized carbons (Fsp3) is 0.269. The standard InChI is InChI=1S/C26H28N2O5/c1-30-22-10-6-7-11-24(22)33-17-19(29)16-28-21-9-5-4-8-20(21)27-26(28)15-18-12-13-23(31-2)25(14-18)32-3/h4-14,19,29H,15-17H2,1-3H3. The van der Waals surface area contributed by atoms with Gasteiger partial charge in [-0.3, -0.25) is 0 Å². The summed E-state index contributed by atoms with van der Waals surface area (Å²) in [7, 11) is 4.83. The number of benzene rings is 3. The van der Waals surface area contributed by atoms with Crippen molar-refractivity contribution in [1.29, 1.82) is 0 Å². The molecular formula is C26H28N2O5. The van der Waals surface area contributed by atoms with Crippen molar-refractivity contribution in [3.8, 4) is 23.0 Å². The molecule has 0 spiro atoms. The van der Waals surface area contributed by atoms with Gasteiger partial charge in [0.2, 0.25) is 0 Å². The van der Waals surface area contributed by atoms with Gasteiger partial charge in [-0.15, -0.1) is 0 Å². The average molecular weight is 449 g/mol. The van der Waals surface area contributed by atoms with Crippen molar-refractivity contribution < 1.29 is 24.1 Å². The van der Waals surface area contributed by atoms with E-state index in [9.17, 15) is 5.11 Å². The highest BCUT2D eigenvalue weighted by Crippen LogP contribution is 2.29. The number of ether oxygens (including phenoxy) is 4. The molecule has 0 saturated heterocycles. The van der Waals surface area contributed by atoms with Gasteiger partial charge in [0.15, 0.2) is 23.0 Å². The van der Waals surface area contributed by atoms with Crippen molar-refractivity contribution >= 4 is 11.0 Å². The van der Waals surface area contributed by atoms with Crippen LogP contribution >= 0.6 is 0 Å². The highest BCUT2D eigenvalue weighted by molar-refractivity contribution is 5.76. The molecule has 0 aliphatic carbocycles. The second kappa shape index (κ2) is 10.3. The Morgan fingerprint density at radius 1 is 0.818 bits per heavy atom. The Balaban J connectivity index is 1.56. The lowest BCUT2D eigenvalue weighted by molar-refractivity contribution is 0.0913. The minimum absolute atomic E-state index is 0.128. The second-order valence-electron chi connectivity index (χ2n) is 7.61. The molecule has 3 aromatic carbocycles. The van der Waals surface area contributed by atoms with E-state index in [2.05, 4.69) is 0 Å². The van der Waals surface area contributed by atoms with E-state index in [1.54, 1.807) is 21.3 Å². The number of aliphatic hydroxyl groups excluding tert-OH is 1. The zero-order valence-electron chi connectivity index (χ0n) is 19.0. The zero-order chi connectivity index (χ0) is 23.2. The number of para-hydroxylation sites is 4. The molecule has 172 valence electrons. The number of hydrogen-bond acceptors (Lipinski definition) is 6. The maximum Gasteiger partial charge on any atom is 0.161 e. The maximum atomic E-state index is 10.8. The molecule has 7 heteroatoms. The van der Waals surface area contributed by atoms with Crippen molar-refractivity contribution in [3.63, 3.8) is 0 Å². The third-order valence-corrected chi connectivity index (χ3v) is 5.44. The second-order valence-corrected chi connectivity index (χ2v) is 7.61. The number of imidazole rings is 1. The number of aromatic nitrogens is 2. The van der Waals surface area contributed by atoms with Crippen LogP contribution in [0.2, 0.25) is 0 Å². The maximum absolute atomic E-state index is 10.8. The van der Waals surface area contributed by atoms with Crippen molar-refractivity contribution in [2.24, 2.45) is 0 Å². The van der Waals surface area contributed by atoms with Gasteiger partial charge in [0.1, 0.15) is 18.5 Å². The summed E-state index contributed by atoms with van der Waals surface area (Å²) in [5.41, 5.74) is 2.87. The minimum Gasteiger partial charge on any atom is -0.493 e. The van der Waals surface area contributed by atoms with Gasteiger partial charge in [-0.05, 0) is 42.0 Å². The first-order valence-electron chi connectivity index (χ1n) is 10.7. The fourth-order valence-corrected chi connectivity index (χ4v) is 3.82. The number of fused-ring (bicyclic) bond motifs is 1. The van der Waals surface area contributed by atoms with Crippen LogP contribution in [0.4, 0.5) is 0 Å². The molecule has 0 amide bonds. The molecule has 0 aliphatic rings. The van der Waals surface area contributed by atoms with Gasteiger partial charge in [0.05, 0.1) is 38.9 Å². The zero-order valence-corrected chi connectivity index (χ0v) is 19.0. The van der Waals surface area contributed by atoms with Crippen LogP contribution in [0.3, 0.4) is 0 Å². The van der Waals surface area contributed by atoms with Crippen molar-refractivity contribution in [3.05, 3.63) is 78.1 Å². The van der Waals surface area contributed by atoms with E-state index in [-0.39, 0.29) is 6.61 Å². The molecule has 4 rings (SSSR count). The van der Waals surface area contributed by atoms with E-state index in [0.717, 1.165) is 22.4 Å². The first-order valence-corrected chi connectivity index (χ1v) is 10.7. The smallest absolute Gasteiger partial charge is 0.161 e. The third-order valence-electron chi connectivity index (χ3n) is 5.44. The predicted molar refractivity (Wildman–Crippen MR) is 127 cm³/mol. The molecule has 7 nitrogen and oxygen atoms in total. The summed E-state index contributed by atoms with van der Waals surface area (Å²) in [6, 6.07) is 21.1. The molecule has 33 heavy (non-hydrogen) atoms. The molecule has 4 aromatic rings. The molecule has 1 aromatic heterocycles. The SMILES string of the molecule is COc1ccc(Cc2nc3ccccc3n2CC(O)COc2ccccc2OC)cc1OC. The van der Waals surface area contributed by atoms with Crippen LogP contribution in [0, 0.1) is 0 Å². The Morgan fingerprint density at radius 3 is 2.24 bits per heavy atom. The van der Waals surface area contributed by atoms with Gasteiger partial charge in [-0.2, -0.15) is 0 Å². The topological polar surface area (TPSA) is 75.0 Å². The largest absolute Gasteiger partial charge is 0.493 e. The lowest BCUT2D eigenvalue weighted by atomic mass is 10.1. The average Bonchev–Trinajstić information content (AvgIpc) is 3.19.